The summed E-state index contributed by atoms with van der Waals surface area (Å²) in [6.07, 6.45) is -10.8. The Hall–Kier alpha value is -3.28. The maximum Gasteiger partial charge on any atom is 0.430 e. The highest BCUT2D eigenvalue weighted by molar-refractivity contribution is 6.08. The fraction of sp³-hybridized carbons (Fsp3) is 0.517. The molecule has 0 aromatic heterocycles. The van der Waals surface area contributed by atoms with Gasteiger partial charge in [0.15, 0.2) is 5.54 Å². The molecule has 12 heteroatoms. The van der Waals surface area contributed by atoms with Crippen LogP contribution in [0.5, 0.6) is 5.75 Å². The quantitative estimate of drug-likeness (QED) is 0.186. The van der Waals surface area contributed by atoms with Gasteiger partial charge in [0.25, 0.3) is 11.5 Å². The van der Waals surface area contributed by atoms with E-state index in [1.807, 2.05) is 26.8 Å². The van der Waals surface area contributed by atoms with Crippen molar-refractivity contribution < 1.29 is 45.8 Å². The number of hydrogen-bond acceptors (Lipinski definition) is 4. The van der Waals surface area contributed by atoms with Crippen LogP contribution in [0.3, 0.4) is 0 Å². The monoisotopic (exact) mass is 588 g/mol. The van der Waals surface area contributed by atoms with Crippen LogP contribution in [0.15, 0.2) is 48.5 Å². The number of aliphatic hydroxyl groups is 1. The topological polar surface area (TPSA) is 78.9 Å². The molecule has 0 aliphatic carbocycles. The number of aryl methyl sites for hydroxylation is 1. The first kappa shape index (κ1) is 32.2. The summed E-state index contributed by atoms with van der Waals surface area (Å²) in [5, 5.41) is 12.6. The number of imide groups is 1. The molecule has 1 aliphatic rings. The number of carbonyl (C=O) groups is 2. The fourth-order valence-electron chi connectivity index (χ4n) is 5.06. The summed E-state index contributed by atoms with van der Waals surface area (Å²) >= 11 is 0. The van der Waals surface area contributed by atoms with Gasteiger partial charge < -0.3 is 15.2 Å². The highest BCUT2D eigenvalue weighted by Crippen LogP contribution is 2.50. The van der Waals surface area contributed by atoms with Gasteiger partial charge in [-0.3, -0.25) is 9.69 Å². The minimum Gasteiger partial charge on any atom is -0.493 e. The minimum absolute atomic E-state index is 0.0334. The van der Waals surface area contributed by atoms with Crippen molar-refractivity contribution in [3.05, 3.63) is 65.2 Å². The van der Waals surface area contributed by atoms with Gasteiger partial charge in [-0.15, -0.1) is 0 Å². The second-order valence-electron chi connectivity index (χ2n) is 11.1. The number of nitrogens with zero attached hydrogens (tertiary/aromatic N) is 1. The van der Waals surface area contributed by atoms with Crippen molar-refractivity contribution in [2.45, 2.75) is 76.9 Å². The third-order valence-corrected chi connectivity index (χ3v) is 7.29. The number of hydrogen-bond donors (Lipinski definition) is 2. The molecular formula is C29H34F6N2O4. The molecule has 0 spiro atoms. The Morgan fingerprint density at radius 1 is 0.927 bits per heavy atom. The highest BCUT2D eigenvalue weighted by atomic mass is 19.4. The number of benzene rings is 2. The fourth-order valence-corrected chi connectivity index (χ4v) is 5.06. The lowest BCUT2D eigenvalue weighted by Gasteiger charge is -2.39. The Bertz CT molecular complexity index is 1230. The summed E-state index contributed by atoms with van der Waals surface area (Å²) in [4.78, 5) is 27.6. The summed E-state index contributed by atoms with van der Waals surface area (Å²) in [7, 11) is 0. The number of amides is 3. The van der Waals surface area contributed by atoms with Crippen LogP contribution in [0, 0.1) is 5.41 Å². The zero-order valence-corrected chi connectivity index (χ0v) is 23.2. The van der Waals surface area contributed by atoms with E-state index in [0.717, 1.165) is 11.0 Å². The number of alkyl halides is 6. The van der Waals surface area contributed by atoms with Crippen molar-refractivity contribution >= 4 is 11.9 Å². The second-order valence-corrected chi connectivity index (χ2v) is 11.1. The van der Waals surface area contributed by atoms with Crippen molar-refractivity contribution in [2.75, 3.05) is 13.2 Å². The van der Waals surface area contributed by atoms with E-state index >= 15 is 0 Å². The molecule has 1 fully saturated rings. The number of unbranched alkanes of at least 4 members (excludes halogenated alkanes) is 1. The first-order chi connectivity index (χ1) is 18.9. The van der Waals surface area contributed by atoms with E-state index in [-0.39, 0.29) is 36.8 Å². The molecule has 41 heavy (non-hydrogen) atoms. The predicted octanol–water partition coefficient (Wildman–Crippen LogP) is 6.60. The molecule has 3 rings (SSSR count). The van der Waals surface area contributed by atoms with E-state index in [9.17, 15) is 41.0 Å². The first-order valence-electron chi connectivity index (χ1n) is 13.2. The van der Waals surface area contributed by atoms with Crippen molar-refractivity contribution in [1.29, 1.82) is 0 Å². The van der Waals surface area contributed by atoms with Crippen LogP contribution in [0.25, 0.3) is 0 Å². The summed E-state index contributed by atoms with van der Waals surface area (Å²) in [5.41, 5.74) is -7.52. The van der Waals surface area contributed by atoms with E-state index in [4.69, 9.17) is 4.74 Å². The highest BCUT2D eigenvalue weighted by Gasteiger charge is 2.71. The third-order valence-electron chi connectivity index (χ3n) is 7.29. The molecule has 1 saturated heterocycles. The molecule has 3 amide bonds. The van der Waals surface area contributed by atoms with Crippen LogP contribution >= 0.6 is 0 Å². The summed E-state index contributed by atoms with van der Waals surface area (Å²) in [5.74, 6) is -0.294. The average Bonchev–Trinajstić information content (AvgIpc) is 3.13. The number of nitrogens with one attached hydrogen (secondary N) is 1. The van der Waals surface area contributed by atoms with Gasteiger partial charge in [0.1, 0.15) is 5.75 Å². The average molecular weight is 589 g/mol. The number of carbonyl (C=O) groups excluding carboxylic acids is 2. The lowest BCUT2D eigenvalue weighted by molar-refractivity contribution is -0.376. The van der Waals surface area contributed by atoms with Crippen LogP contribution in [-0.4, -0.2) is 47.4 Å². The van der Waals surface area contributed by atoms with Gasteiger partial charge >= 0.3 is 18.4 Å². The Kier molecular flexibility index (Phi) is 9.07. The van der Waals surface area contributed by atoms with Gasteiger partial charge in [-0.1, -0.05) is 70.5 Å². The third kappa shape index (κ3) is 5.89. The molecule has 1 heterocycles. The molecule has 6 nitrogen and oxygen atoms in total. The van der Waals surface area contributed by atoms with Crippen molar-refractivity contribution in [1.82, 2.24) is 10.2 Å². The zero-order chi connectivity index (χ0) is 30.9. The maximum absolute atomic E-state index is 13.6. The van der Waals surface area contributed by atoms with Crippen molar-refractivity contribution in [3.8, 4) is 5.75 Å². The first-order valence-corrected chi connectivity index (χ1v) is 13.2. The SMILES string of the molecule is CCCc1cc(C(O)(C(F)(F)F)C(F)(F)F)ccc1OCCCCN1C(=O)NC(c2ccccc2)(C(C)(C)C)C1=O. The molecular weight excluding hydrogens is 554 g/mol. The van der Waals surface area contributed by atoms with Gasteiger partial charge in [-0.05, 0) is 47.9 Å². The van der Waals surface area contributed by atoms with Gasteiger partial charge in [0.05, 0.1) is 6.61 Å². The van der Waals surface area contributed by atoms with Crippen LogP contribution < -0.4 is 10.1 Å². The second kappa shape index (κ2) is 11.5. The maximum atomic E-state index is 13.6. The Labute approximate surface area is 234 Å². The molecule has 226 valence electrons. The van der Waals surface area contributed by atoms with Crippen molar-refractivity contribution in [2.24, 2.45) is 5.41 Å². The van der Waals surface area contributed by atoms with Crippen LogP contribution in [0.4, 0.5) is 31.1 Å². The van der Waals surface area contributed by atoms with Gasteiger partial charge in [-0.25, -0.2) is 4.79 Å². The molecule has 1 atom stereocenters. The van der Waals surface area contributed by atoms with E-state index in [2.05, 4.69) is 5.32 Å². The summed E-state index contributed by atoms with van der Waals surface area (Å²) in [6, 6.07) is 10.6. The van der Waals surface area contributed by atoms with Gasteiger partial charge in [0.2, 0.25) is 0 Å². The molecule has 2 N–H and O–H groups in total. The smallest absolute Gasteiger partial charge is 0.430 e. The molecule has 1 unspecified atom stereocenters. The number of halogens is 6. The van der Waals surface area contributed by atoms with E-state index in [1.54, 1.807) is 31.2 Å². The minimum atomic E-state index is -5.98. The van der Waals surface area contributed by atoms with E-state index < -0.39 is 40.5 Å². The summed E-state index contributed by atoms with van der Waals surface area (Å²) < 4.78 is 85.6. The van der Waals surface area contributed by atoms with E-state index in [1.165, 1.54) is 0 Å². The molecule has 2 aromatic carbocycles. The Morgan fingerprint density at radius 3 is 2.07 bits per heavy atom. The summed E-state index contributed by atoms with van der Waals surface area (Å²) in [6.45, 7) is 7.40. The normalized spacial score (nSPS) is 18.6. The van der Waals surface area contributed by atoms with Crippen LogP contribution in [-0.2, 0) is 22.4 Å². The molecule has 0 radical (unpaired) electrons. The molecule has 2 aromatic rings. The van der Waals surface area contributed by atoms with Crippen LogP contribution in [0.2, 0.25) is 0 Å². The lowest BCUT2D eigenvalue weighted by atomic mass is 9.69. The molecule has 1 aliphatic heterocycles. The van der Waals surface area contributed by atoms with Gasteiger partial charge in [0, 0.05) is 12.1 Å². The standard InChI is InChI=1S/C29H34F6N2O4/c1-5-11-19-18-21(27(40,28(30,31)32)29(33,34)35)14-15-22(19)41-17-10-9-16-37-23(38)26(25(2,3)4,36-24(37)39)20-12-7-6-8-13-20/h6-8,12-15,18,40H,5,9-11,16-17H2,1-4H3,(H,36,39). The Balaban J connectivity index is 1.69. The molecule has 0 bridgehead atoms. The molecule has 0 saturated carbocycles. The van der Waals surface area contributed by atoms with E-state index in [0.29, 0.717) is 37.0 Å². The predicted molar refractivity (Wildman–Crippen MR) is 139 cm³/mol. The number of rotatable bonds is 10. The number of urea groups is 1. The van der Waals surface area contributed by atoms with Gasteiger partial charge in [-0.2, -0.15) is 26.3 Å². The largest absolute Gasteiger partial charge is 0.493 e. The van der Waals surface area contributed by atoms with Crippen molar-refractivity contribution in [3.63, 3.8) is 0 Å². The zero-order valence-electron chi connectivity index (χ0n) is 23.2. The number of ether oxygens (including phenoxy) is 1. The van der Waals surface area contributed by atoms with Crippen LogP contribution in [0.1, 0.15) is 63.6 Å². The lowest BCUT2D eigenvalue weighted by Crippen LogP contribution is -2.54. The Morgan fingerprint density at radius 2 is 1.54 bits per heavy atom.